The van der Waals surface area contributed by atoms with Crippen LogP contribution in [0.5, 0.6) is 0 Å². The quantitative estimate of drug-likeness (QED) is 0.606. The highest BCUT2D eigenvalue weighted by Gasteiger charge is 2.13. The van der Waals surface area contributed by atoms with Gasteiger partial charge in [0, 0.05) is 12.2 Å². The van der Waals surface area contributed by atoms with Gasteiger partial charge < -0.3 is 16.5 Å². The minimum Gasteiger partial charge on any atom is -0.402 e. The second kappa shape index (κ2) is 7.56. The standard InChI is InChI=1S/C9H17N3.C2H6/c1-12-6-9(11)7-4-2-3-5-8(7)10;1-2/h11-12H,2-6,10H2,1H3;1-2H3. The van der Waals surface area contributed by atoms with Crippen molar-refractivity contribution in [3.05, 3.63) is 11.3 Å². The van der Waals surface area contributed by atoms with Crippen molar-refractivity contribution in [3.8, 4) is 0 Å². The average molecular weight is 197 g/mol. The van der Waals surface area contributed by atoms with Crippen LogP contribution in [0.4, 0.5) is 0 Å². The maximum absolute atomic E-state index is 7.71. The van der Waals surface area contributed by atoms with E-state index in [1.165, 1.54) is 12.8 Å². The van der Waals surface area contributed by atoms with Gasteiger partial charge in [0.1, 0.15) is 0 Å². The first-order valence-corrected chi connectivity index (χ1v) is 5.45. The SMILES string of the molecule is CC.CNCC(=N)C1=C(N)CCCC1. The molecule has 1 aliphatic rings. The van der Waals surface area contributed by atoms with Crippen LogP contribution in [0.15, 0.2) is 11.3 Å². The smallest absolute Gasteiger partial charge is 0.0500 e. The van der Waals surface area contributed by atoms with Crippen LogP contribution in [0, 0.1) is 5.41 Å². The molecule has 0 fully saturated rings. The third kappa shape index (κ3) is 3.92. The van der Waals surface area contributed by atoms with Crippen LogP contribution in [0.1, 0.15) is 39.5 Å². The Balaban J connectivity index is 0.000000791. The summed E-state index contributed by atoms with van der Waals surface area (Å²) in [5, 5.41) is 10.7. The van der Waals surface area contributed by atoms with Crippen molar-refractivity contribution in [2.24, 2.45) is 5.73 Å². The first-order chi connectivity index (χ1) is 6.75. The van der Waals surface area contributed by atoms with Gasteiger partial charge in [0.05, 0.1) is 5.71 Å². The summed E-state index contributed by atoms with van der Waals surface area (Å²) in [5.41, 5.74) is 8.49. The van der Waals surface area contributed by atoms with Crippen LogP contribution in [-0.2, 0) is 0 Å². The Morgan fingerprint density at radius 1 is 1.36 bits per heavy atom. The molecule has 0 aromatic carbocycles. The van der Waals surface area contributed by atoms with Crippen molar-refractivity contribution >= 4 is 5.71 Å². The van der Waals surface area contributed by atoms with E-state index in [2.05, 4.69) is 5.32 Å². The lowest BCUT2D eigenvalue weighted by Crippen LogP contribution is -2.23. The molecule has 0 aromatic rings. The van der Waals surface area contributed by atoms with E-state index in [1.54, 1.807) is 0 Å². The lowest BCUT2D eigenvalue weighted by molar-refractivity contribution is 0.679. The Hall–Kier alpha value is -0.830. The maximum atomic E-state index is 7.71. The molecule has 0 amide bonds. The average Bonchev–Trinajstić information content (AvgIpc) is 2.22. The largest absolute Gasteiger partial charge is 0.402 e. The van der Waals surface area contributed by atoms with Crippen molar-refractivity contribution in [1.82, 2.24) is 5.32 Å². The zero-order valence-corrected chi connectivity index (χ0v) is 9.61. The fourth-order valence-electron chi connectivity index (χ4n) is 1.56. The number of allylic oxidation sites excluding steroid dienone is 1. The molecular formula is C11H23N3. The van der Waals surface area contributed by atoms with E-state index >= 15 is 0 Å². The summed E-state index contributed by atoms with van der Waals surface area (Å²) < 4.78 is 0. The van der Waals surface area contributed by atoms with Crippen LogP contribution < -0.4 is 11.1 Å². The van der Waals surface area contributed by atoms with Crippen LogP contribution >= 0.6 is 0 Å². The minimum atomic E-state index is 0.635. The zero-order chi connectivity index (χ0) is 11.0. The second-order valence-corrected chi connectivity index (χ2v) is 3.22. The minimum absolute atomic E-state index is 0.635. The van der Waals surface area contributed by atoms with Gasteiger partial charge in [-0.15, -0.1) is 0 Å². The summed E-state index contributed by atoms with van der Waals surface area (Å²) in [6.07, 6.45) is 4.33. The molecule has 0 radical (unpaired) electrons. The topological polar surface area (TPSA) is 61.9 Å². The number of hydrogen-bond donors (Lipinski definition) is 3. The van der Waals surface area contributed by atoms with Gasteiger partial charge in [-0.05, 0) is 38.3 Å². The van der Waals surface area contributed by atoms with Crippen molar-refractivity contribution < 1.29 is 0 Å². The molecule has 1 rings (SSSR count). The normalized spacial score (nSPS) is 15.9. The molecule has 0 bridgehead atoms. The van der Waals surface area contributed by atoms with Gasteiger partial charge in [0.2, 0.25) is 0 Å². The lowest BCUT2D eigenvalue weighted by atomic mass is 9.93. The van der Waals surface area contributed by atoms with E-state index in [9.17, 15) is 0 Å². The van der Waals surface area contributed by atoms with E-state index < -0.39 is 0 Å². The highest BCUT2D eigenvalue weighted by atomic mass is 14.8. The predicted molar refractivity (Wildman–Crippen MR) is 62.7 cm³/mol. The third-order valence-electron chi connectivity index (χ3n) is 2.23. The lowest BCUT2D eigenvalue weighted by Gasteiger charge is -2.17. The monoisotopic (exact) mass is 197 g/mol. The van der Waals surface area contributed by atoms with Crippen molar-refractivity contribution in [1.29, 1.82) is 5.41 Å². The molecule has 14 heavy (non-hydrogen) atoms. The summed E-state index contributed by atoms with van der Waals surface area (Å²) in [4.78, 5) is 0. The number of rotatable bonds is 3. The number of hydrogen-bond acceptors (Lipinski definition) is 3. The Morgan fingerprint density at radius 3 is 2.43 bits per heavy atom. The summed E-state index contributed by atoms with van der Waals surface area (Å²) in [5.74, 6) is 0. The molecule has 4 N–H and O–H groups in total. The molecule has 0 heterocycles. The summed E-state index contributed by atoms with van der Waals surface area (Å²) >= 11 is 0. The Labute approximate surface area is 87.3 Å². The van der Waals surface area contributed by atoms with Crippen molar-refractivity contribution in [2.45, 2.75) is 39.5 Å². The first kappa shape index (κ1) is 13.2. The second-order valence-electron chi connectivity index (χ2n) is 3.22. The number of nitrogens with two attached hydrogens (primary N) is 1. The Kier molecular flexibility index (Phi) is 7.11. The summed E-state index contributed by atoms with van der Waals surface area (Å²) in [6, 6.07) is 0. The molecule has 82 valence electrons. The van der Waals surface area contributed by atoms with Gasteiger partial charge in [0.25, 0.3) is 0 Å². The van der Waals surface area contributed by atoms with E-state index in [4.69, 9.17) is 11.1 Å². The Morgan fingerprint density at radius 2 is 1.93 bits per heavy atom. The van der Waals surface area contributed by atoms with Crippen LogP contribution in [0.25, 0.3) is 0 Å². The van der Waals surface area contributed by atoms with Gasteiger partial charge in [0.15, 0.2) is 0 Å². The molecular weight excluding hydrogens is 174 g/mol. The molecule has 3 heteroatoms. The van der Waals surface area contributed by atoms with Crippen molar-refractivity contribution in [3.63, 3.8) is 0 Å². The van der Waals surface area contributed by atoms with E-state index in [0.717, 1.165) is 24.1 Å². The third-order valence-corrected chi connectivity index (χ3v) is 2.23. The van der Waals surface area contributed by atoms with Gasteiger partial charge in [-0.2, -0.15) is 0 Å². The molecule has 3 nitrogen and oxygen atoms in total. The Bertz CT molecular complexity index is 207. The molecule has 1 aliphatic carbocycles. The molecule has 0 aliphatic heterocycles. The van der Waals surface area contributed by atoms with Gasteiger partial charge in [-0.3, -0.25) is 0 Å². The summed E-state index contributed by atoms with van der Waals surface area (Å²) in [7, 11) is 1.86. The highest BCUT2D eigenvalue weighted by molar-refractivity contribution is 5.99. The molecule has 0 aromatic heterocycles. The van der Waals surface area contributed by atoms with Gasteiger partial charge in [-0.25, -0.2) is 0 Å². The van der Waals surface area contributed by atoms with Gasteiger partial charge >= 0.3 is 0 Å². The fraction of sp³-hybridized carbons (Fsp3) is 0.727. The molecule has 0 spiro atoms. The molecule has 0 atom stereocenters. The fourth-order valence-corrected chi connectivity index (χ4v) is 1.56. The van der Waals surface area contributed by atoms with Crippen molar-refractivity contribution in [2.75, 3.05) is 13.6 Å². The van der Waals surface area contributed by atoms with E-state index in [1.807, 2.05) is 20.9 Å². The molecule has 0 saturated carbocycles. The van der Waals surface area contributed by atoms with Crippen LogP contribution in [-0.4, -0.2) is 19.3 Å². The first-order valence-electron chi connectivity index (χ1n) is 5.45. The number of nitrogens with one attached hydrogen (secondary N) is 2. The maximum Gasteiger partial charge on any atom is 0.0500 e. The molecule has 0 saturated heterocycles. The molecule has 0 unspecified atom stereocenters. The van der Waals surface area contributed by atoms with Crippen LogP contribution in [0.3, 0.4) is 0 Å². The zero-order valence-electron chi connectivity index (χ0n) is 9.61. The highest BCUT2D eigenvalue weighted by Crippen LogP contribution is 2.21. The summed E-state index contributed by atoms with van der Waals surface area (Å²) in [6.45, 7) is 4.63. The van der Waals surface area contributed by atoms with Crippen LogP contribution in [0.2, 0.25) is 0 Å². The van der Waals surface area contributed by atoms with E-state index in [-0.39, 0.29) is 0 Å². The predicted octanol–water partition coefficient (Wildman–Crippen LogP) is 2.04. The van der Waals surface area contributed by atoms with E-state index in [0.29, 0.717) is 12.3 Å². The van der Waals surface area contributed by atoms with Gasteiger partial charge in [-0.1, -0.05) is 13.8 Å².